The third-order valence-electron chi connectivity index (χ3n) is 1.80. The summed E-state index contributed by atoms with van der Waals surface area (Å²) in [6, 6.07) is 2.85. The van der Waals surface area contributed by atoms with Gasteiger partial charge in [0, 0.05) is 6.07 Å². The Morgan fingerprint density at radius 3 is 2.82 bits per heavy atom. The molecule has 5 nitrogen and oxygen atoms in total. The fraction of sp³-hybridized carbons (Fsp3) is 0.333. The molecule has 0 fully saturated rings. The smallest absolute Gasteiger partial charge is 0.422 e. The van der Waals surface area contributed by atoms with Crippen molar-refractivity contribution >= 4 is 0 Å². The summed E-state index contributed by atoms with van der Waals surface area (Å²) in [6.45, 7) is -1.08. The summed E-state index contributed by atoms with van der Waals surface area (Å²) >= 11 is 0. The first-order chi connectivity index (χ1) is 8.03. The van der Waals surface area contributed by atoms with Gasteiger partial charge in [0.25, 0.3) is 5.95 Å². The zero-order valence-corrected chi connectivity index (χ0v) is 8.52. The van der Waals surface area contributed by atoms with E-state index in [4.69, 9.17) is 4.42 Å². The van der Waals surface area contributed by atoms with Crippen LogP contribution in [0.4, 0.5) is 13.2 Å². The van der Waals surface area contributed by atoms with Gasteiger partial charge in [-0.3, -0.25) is 0 Å². The standard InChI is InChI=1S/C9H8F3N3O2/c10-9(11,12)4-16-8-2-1-7(17-8)3-15-6-13-5-14-15/h1-2,5-6H,3-4H2. The molecule has 0 radical (unpaired) electrons. The second-order valence-electron chi connectivity index (χ2n) is 3.22. The zero-order valence-electron chi connectivity index (χ0n) is 8.52. The van der Waals surface area contributed by atoms with Crippen molar-refractivity contribution in [1.29, 1.82) is 0 Å². The summed E-state index contributed by atoms with van der Waals surface area (Å²) < 4.78 is 46.5. The first kappa shape index (κ1) is 11.5. The van der Waals surface area contributed by atoms with Crippen molar-refractivity contribution < 1.29 is 22.3 Å². The Kier molecular flexibility index (Phi) is 3.03. The van der Waals surface area contributed by atoms with Gasteiger partial charge in [-0.1, -0.05) is 0 Å². The topological polar surface area (TPSA) is 53.1 Å². The van der Waals surface area contributed by atoms with E-state index in [0.29, 0.717) is 5.76 Å². The SMILES string of the molecule is FC(F)(F)COc1ccc(Cn2cncn2)o1. The van der Waals surface area contributed by atoms with Gasteiger partial charge in [-0.05, 0) is 6.07 Å². The van der Waals surface area contributed by atoms with Gasteiger partial charge in [-0.25, -0.2) is 9.67 Å². The van der Waals surface area contributed by atoms with Gasteiger partial charge in [-0.15, -0.1) is 0 Å². The van der Waals surface area contributed by atoms with Crippen molar-refractivity contribution in [1.82, 2.24) is 14.8 Å². The number of halogens is 3. The number of rotatable bonds is 4. The monoisotopic (exact) mass is 247 g/mol. The molecule has 2 heterocycles. The van der Waals surface area contributed by atoms with Crippen molar-refractivity contribution in [2.75, 3.05) is 6.61 Å². The molecule has 0 N–H and O–H groups in total. The van der Waals surface area contributed by atoms with Gasteiger partial charge in [0.05, 0.1) is 0 Å². The number of ether oxygens (including phenoxy) is 1. The molecule has 0 saturated heterocycles. The lowest BCUT2D eigenvalue weighted by Crippen LogP contribution is -2.18. The molecule has 0 spiro atoms. The minimum atomic E-state index is -4.38. The number of nitrogens with zero attached hydrogens (tertiary/aromatic N) is 3. The molecular formula is C9H8F3N3O2. The van der Waals surface area contributed by atoms with Gasteiger partial charge >= 0.3 is 6.18 Å². The zero-order chi connectivity index (χ0) is 12.3. The predicted octanol–water partition coefficient (Wildman–Crippen LogP) is 1.86. The van der Waals surface area contributed by atoms with E-state index < -0.39 is 12.8 Å². The van der Waals surface area contributed by atoms with Crippen LogP contribution in [0.15, 0.2) is 29.2 Å². The molecule has 2 rings (SSSR count). The highest BCUT2D eigenvalue weighted by Gasteiger charge is 2.29. The maximum absolute atomic E-state index is 11.9. The van der Waals surface area contributed by atoms with Gasteiger partial charge in [0.1, 0.15) is 25.0 Å². The molecule has 0 bridgehead atoms. The van der Waals surface area contributed by atoms with Crippen molar-refractivity contribution in [3.05, 3.63) is 30.5 Å². The number of hydrogen-bond acceptors (Lipinski definition) is 4. The van der Waals surface area contributed by atoms with E-state index in [9.17, 15) is 13.2 Å². The molecule has 2 aromatic rings. The number of alkyl halides is 3. The van der Waals surface area contributed by atoms with Gasteiger partial charge in [0.2, 0.25) is 0 Å². The predicted molar refractivity (Wildman–Crippen MR) is 49.4 cm³/mol. The molecule has 0 aliphatic heterocycles. The van der Waals surface area contributed by atoms with Crippen molar-refractivity contribution in [2.45, 2.75) is 12.7 Å². The second kappa shape index (κ2) is 4.48. The Bertz CT molecular complexity index is 464. The van der Waals surface area contributed by atoms with Crippen LogP contribution in [-0.2, 0) is 6.54 Å². The van der Waals surface area contributed by atoms with E-state index in [0.717, 1.165) is 0 Å². The highest BCUT2D eigenvalue weighted by atomic mass is 19.4. The van der Waals surface area contributed by atoms with Crippen molar-refractivity contribution in [3.8, 4) is 5.95 Å². The van der Waals surface area contributed by atoms with Crippen LogP contribution in [0.2, 0.25) is 0 Å². The first-order valence-electron chi connectivity index (χ1n) is 4.63. The Balaban J connectivity index is 1.92. The number of furan rings is 1. The van der Waals surface area contributed by atoms with E-state index >= 15 is 0 Å². The molecule has 0 atom stereocenters. The van der Waals surface area contributed by atoms with Crippen molar-refractivity contribution in [2.24, 2.45) is 0 Å². The highest BCUT2D eigenvalue weighted by Crippen LogP contribution is 2.20. The Labute approximate surface area is 93.8 Å². The molecule has 0 aliphatic carbocycles. The maximum atomic E-state index is 11.9. The maximum Gasteiger partial charge on any atom is 0.422 e. The average molecular weight is 247 g/mol. The Morgan fingerprint density at radius 1 is 1.35 bits per heavy atom. The lowest BCUT2D eigenvalue weighted by atomic mass is 10.4. The van der Waals surface area contributed by atoms with Crippen LogP contribution in [0.3, 0.4) is 0 Å². The van der Waals surface area contributed by atoms with Gasteiger partial charge in [0.15, 0.2) is 6.61 Å². The van der Waals surface area contributed by atoms with Gasteiger partial charge < -0.3 is 9.15 Å². The van der Waals surface area contributed by atoms with Crippen LogP contribution in [0, 0.1) is 0 Å². The normalized spacial score (nSPS) is 11.7. The molecular weight excluding hydrogens is 239 g/mol. The average Bonchev–Trinajstić information content (AvgIpc) is 2.86. The summed E-state index contributed by atoms with van der Waals surface area (Å²) in [4.78, 5) is 3.72. The summed E-state index contributed by atoms with van der Waals surface area (Å²) in [6.07, 6.45) is -1.55. The van der Waals surface area contributed by atoms with Crippen LogP contribution in [0.5, 0.6) is 5.95 Å². The largest absolute Gasteiger partial charge is 0.455 e. The fourth-order valence-corrected chi connectivity index (χ4v) is 1.15. The van der Waals surface area contributed by atoms with Crippen LogP contribution in [0.1, 0.15) is 5.76 Å². The molecule has 17 heavy (non-hydrogen) atoms. The third kappa shape index (κ3) is 3.51. The molecule has 0 amide bonds. The summed E-state index contributed by atoms with van der Waals surface area (Å²) in [5.74, 6) is 0.269. The lowest BCUT2D eigenvalue weighted by Gasteiger charge is -2.05. The van der Waals surface area contributed by atoms with Crippen LogP contribution >= 0.6 is 0 Å². The van der Waals surface area contributed by atoms with Crippen molar-refractivity contribution in [3.63, 3.8) is 0 Å². The van der Waals surface area contributed by atoms with Crippen LogP contribution in [0.25, 0.3) is 0 Å². The van der Waals surface area contributed by atoms with E-state index in [1.54, 1.807) is 0 Å². The summed E-state index contributed by atoms with van der Waals surface area (Å²) in [5, 5.41) is 3.83. The quantitative estimate of drug-likeness (QED) is 0.827. The minimum Gasteiger partial charge on any atom is -0.455 e. The highest BCUT2D eigenvalue weighted by molar-refractivity contribution is 5.11. The Hall–Kier alpha value is -1.99. The summed E-state index contributed by atoms with van der Waals surface area (Å²) in [7, 11) is 0. The molecule has 0 aliphatic rings. The molecule has 0 saturated carbocycles. The second-order valence-corrected chi connectivity index (χ2v) is 3.22. The van der Waals surface area contributed by atoms with E-state index in [2.05, 4.69) is 14.8 Å². The summed E-state index contributed by atoms with van der Waals surface area (Å²) in [5.41, 5.74) is 0. The third-order valence-corrected chi connectivity index (χ3v) is 1.80. The van der Waals surface area contributed by atoms with Gasteiger partial charge in [-0.2, -0.15) is 18.3 Å². The number of hydrogen-bond donors (Lipinski definition) is 0. The van der Waals surface area contributed by atoms with E-state index in [1.807, 2.05) is 0 Å². The number of aromatic nitrogens is 3. The Morgan fingerprint density at radius 2 is 2.18 bits per heavy atom. The van der Waals surface area contributed by atoms with E-state index in [1.165, 1.54) is 29.5 Å². The molecule has 8 heteroatoms. The first-order valence-corrected chi connectivity index (χ1v) is 4.63. The lowest BCUT2D eigenvalue weighted by molar-refractivity contribution is -0.156. The molecule has 2 aromatic heterocycles. The molecule has 0 aromatic carbocycles. The fourth-order valence-electron chi connectivity index (χ4n) is 1.15. The molecule has 92 valence electrons. The molecule has 0 unspecified atom stereocenters. The van der Waals surface area contributed by atoms with Crippen LogP contribution < -0.4 is 4.74 Å². The minimum absolute atomic E-state index is 0.169. The van der Waals surface area contributed by atoms with E-state index in [-0.39, 0.29) is 12.5 Å². The van der Waals surface area contributed by atoms with Crippen LogP contribution in [-0.4, -0.2) is 27.5 Å².